The minimum atomic E-state index is 0.115. The van der Waals surface area contributed by atoms with Gasteiger partial charge in [0, 0.05) is 40.2 Å². The molecule has 148 valence electrons. The van der Waals surface area contributed by atoms with Gasteiger partial charge in [0.1, 0.15) is 11.5 Å². The third-order valence-corrected chi connectivity index (χ3v) is 6.44. The Morgan fingerprint density at radius 1 is 1.17 bits per heavy atom. The van der Waals surface area contributed by atoms with Crippen molar-refractivity contribution in [2.24, 2.45) is 0 Å². The Kier molecular flexibility index (Phi) is 5.69. The number of carbonyl (C=O) groups is 1. The van der Waals surface area contributed by atoms with Crippen LogP contribution in [0.3, 0.4) is 0 Å². The zero-order chi connectivity index (χ0) is 20.4. The van der Waals surface area contributed by atoms with Crippen LogP contribution in [0.4, 0.5) is 0 Å². The van der Waals surface area contributed by atoms with Crippen LogP contribution in [-0.4, -0.2) is 26.2 Å². The number of Topliss-reactive ketones (excluding diaryl/α,β-unsaturated/α-hetero) is 1. The number of thioether (sulfide) groups is 1. The molecule has 0 saturated heterocycles. The maximum Gasteiger partial charge on any atom is 0.193 e. The Bertz CT molecular complexity index is 1130. The molecule has 1 aromatic carbocycles. The molecular weight excluding hydrogens is 402 g/mol. The lowest BCUT2D eigenvalue weighted by Gasteiger charge is -2.05. The molecule has 29 heavy (non-hydrogen) atoms. The molecule has 0 aliphatic rings. The highest BCUT2D eigenvalue weighted by molar-refractivity contribution is 7.99. The van der Waals surface area contributed by atoms with Crippen LogP contribution >= 0.6 is 23.1 Å². The van der Waals surface area contributed by atoms with Crippen molar-refractivity contribution in [2.45, 2.75) is 26.5 Å². The first-order valence-electron chi connectivity index (χ1n) is 9.25. The van der Waals surface area contributed by atoms with E-state index in [0.717, 1.165) is 39.1 Å². The van der Waals surface area contributed by atoms with Gasteiger partial charge in [0.15, 0.2) is 10.9 Å². The number of nitrogens with zero attached hydrogens (tertiary/aromatic N) is 3. The fraction of sp³-hybridized carbons (Fsp3) is 0.227. The van der Waals surface area contributed by atoms with Gasteiger partial charge in [-0.15, -0.1) is 23.1 Å². The van der Waals surface area contributed by atoms with E-state index in [-0.39, 0.29) is 5.78 Å². The average molecular weight is 424 g/mol. The number of carbonyl (C=O) groups excluding carboxylic acids is 1. The molecule has 7 heteroatoms. The molecule has 0 amide bonds. The van der Waals surface area contributed by atoms with E-state index in [2.05, 4.69) is 29.2 Å². The first-order chi connectivity index (χ1) is 14.0. The highest BCUT2D eigenvalue weighted by Crippen LogP contribution is 2.25. The van der Waals surface area contributed by atoms with Gasteiger partial charge in [0.25, 0.3) is 0 Å². The van der Waals surface area contributed by atoms with E-state index in [0.29, 0.717) is 11.5 Å². The first-order valence-corrected chi connectivity index (χ1v) is 11.3. The summed E-state index contributed by atoms with van der Waals surface area (Å²) in [5.74, 6) is 1.88. The molecule has 0 radical (unpaired) electrons. The molecule has 0 atom stereocenters. The van der Waals surface area contributed by atoms with Crippen molar-refractivity contribution in [1.82, 2.24) is 14.7 Å². The minimum absolute atomic E-state index is 0.115. The lowest BCUT2D eigenvalue weighted by molar-refractivity contribution is 0.102. The number of benzene rings is 1. The number of aromatic nitrogens is 3. The van der Waals surface area contributed by atoms with Gasteiger partial charge in [-0.25, -0.2) is 4.98 Å². The van der Waals surface area contributed by atoms with E-state index >= 15 is 0 Å². The van der Waals surface area contributed by atoms with Gasteiger partial charge >= 0.3 is 0 Å². The second-order valence-corrected chi connectivity index (χ2v) is 8.75. The van der Waals surface area contributed by atoms with Crippen molar-refractivity contribution in [2.75, 3.05) is 5.75 Å². The van der Waals surface area contributed by atoms with E-state index in [9.17, 15) is 4.79 Å². The number of hydrogen-bond acceptors (Lipinski definition) is 6. The maximum atomic E-state index is 12.8. The lowest BCUT2D eigenvalue weighted by Crippen LogP contribution is -2.05. The SMILES string of the molecule is Cc1ccc(-c2cc(CSCC(=O)c3cc(C)n(-c4nccs4)c3C)on2)cc1. The fourth-order valence-corrected chi connectivity index (χ4v) is 4.76. The normalized spacial score (nSPS) is 11.1. The van der Waals surface area contributed by atoms with Crippen LogP contribution in [0, 0.1) is 20.8 Å². The van der Waals surface area contributed by atoms with Crippen LogP contribution in [0.15, 0.2) is 52.5 Å². The second kappa shape index (κ2) is 8.39. The van der Waals surface area contributed by atoms with Crippen LogP contribution in [0.5, 0.6) is 0 Å². The zero-order valence-corrected chi connectivity index (χ0v) is 18.1. The minimum Gasteiger partial charge on any atom is -0.360 e. The van der Waals surface area contributed by atoms with Crippen molar-refractivity contribution in [1.29, 1.82) is 0 Å². The van der Waals surface area contributed by atoms with Gasteiger partial charge in [-0.3, -0.25) is 9.36 Å². The highest BCUT2D eigenvalue weighted by atomic mass is 32.2. The molecule has 0 saturated carbocycles. The van der Waals surface area contributed by atoms with Gasteiger partial charge in [-0.1, -0.05) is 35.0 Å². The maximum absolute atomic E-state index is 12.8. The van der Waals surface area contributed by atoms with Crippen molar-refractivity contribution in [3.05, 3.63) is 76.3 Å². The fourth-order valence-electron chi connectivity index (χ4n) is 3.23. The summed E-state index contributed by atoms with van der Waals surface area (Å²) in [5, 5.41) is 6.97. The second-order valence-electron chi connectivity index (χ2n) is 6.90. The smallest absolute Gasteiger partial charge is 0.193 e. The topological polar surface area (TPSA) is 60.9 Å². The standard InChI is InChI=1S/C22H21N3O2S2/c1-14-4-6-17(7-5-14)20-11-18(27-24-20)12-28-13-21(26)19-10-15(2)25(16(19)3)22-23-8-9-29-22/h4-11H,12-13H2,1-3H3. The van der Waals surface area contributed by atoms with Gasteiger partial charge in [-0.2, -0.15) is 0 Å². The molecule has 4 rings (SSSR count). The summed E-state index contributed by atoms with van der Waals surface area (Å²) in [6.45, 7) is 6.02. The van der Waals surface area contributed by atoms with Crippen LogP contribution in [-0.2, 0) is 5.75 Å². The van der Waals surface area contributed by atoms with Crippen LogP contribution in [0.25, 0.3) is 16.4 Å². The summed E-state index contributed by atoms with van der Waals surface area (Å²) < 4.78 is 7.47. The Labute approximate surface area is 177 Å². The molecule has 0 spiro atoms. The largest absolute Gasteiger partial charge is 0.360 e. The van der Waals surface area contributed by atoms with Crippen LogP contribution < -0.4 is 0 Å². The summed E-state index contributed by atoms with van der Waals surface area (Å²) in [6.07, 6.45) is 1.78. The molecule has 0 bridgehead atoms. The summed E-state index contributed by atoms with van der Waals surface area (Å²) >= 11 is 3.10. The van der Waals surface area contributed by atoms with Crippen molar-refractivity contribution in [3.63, 3.8) is 0 Å². The van der Waals surface area contributed by atoms with Gasteiger partial charge in [-0.05, 0) is 26.8 Å². The number of ketones is 1. The summed E-state index contributed by atoms with van der Waals surface area (Å²) in [7, 11) is 0. The van der Waals surface area contributed by atoms with Crippen molar-refractivity contribution >= 4 is 28.9 Å². The Morgan fingerprint density at radius 3 is 2.69 bits per heavy atom. The summed E-state index contributed by atoms with van der Waals surface area (Å²) in [4.78, 5) is 17.1. The third kappa shape index (κ3) is 4.21. The summed E-state index contributed by atoms with van der Waals surface area (Å²) in [6, 6.07) is 12.1. The molecule has 3 heterocycles. The van der Waals surface area contributed by atoms with Crippen molar-refractivity contribution in [3.8, 4) is 16.4 Å². The first kappa shape index (κ1) is 19.7. The molecule has 4 aromatic rings. The van der Waals surface area contributed by atoms with Gasteiger partial charge in [0.2, 0.25) is 0 Å². The molecule has 5 nitrogen and oxygen atoms in total. The molecule has 0 aliphatic heterocycles. The summed E-state index contributed by atoms with van der Waals surface area (Å²) in [5.41, 5.74) is 5.76. The molecule has 3 aromatic heterocycles. The van der Waals surface area contributed by atoms with E-state index in [1.807, 2.05) is 48.1 Å². The molecule has 0 aliphatic carbocycles. The van der Waals surface area contributed by atoms with Crippen molar-refractivity contribution < 1.29 is 9.32 Å². The molecular formula is C22H21N3O2S2. The number of rotatable bonds is 7. The Hall–Kier alpha value is -2.64. The van der Waals surface area contributed by atoms with Crippen LogP contribution in [0.1, 0.15) is 33.1 Å². The number of aryl methyl sites for hydroxylation is 2. The number of hydrogen-bond donors (Lipinski definition) is 0. The molecule has 0 N–H and O–H groups in total. The third-order valence-electron chi connectivity index (χ3n) is 4.73. The average Bonchev–Trinajstić information content (AvgIpc) is 3.43. The molecule has 0 fully saturated rings. The lowest BCUT2D eigenvalue weighted by atomic mass is 10.1. The highest BCUT2D eigenvalue weighted by Gasteiger charge is 2.18. The van der Waals surface area contributed by atoms with E-state index in [1.54, 1.807) is 17.5 Å². The van der Waals surface area contributed by atoms with E-state index in [1.165, 1.54) is 17.3 Å². The quantitative estimate of drug-likeness (QED) is 0.361. The van der Waals surface area contributed by atoms with Gasteiger partial charge < -0.3 is 4.52 Å². The van der Waals surface area contributed by atoms with E-state index in [4.69, 9.17) is 4.52 Å². The van der Waals surface area contributed by atoms with Gasteiger partial charge in [0.05, 0.1) is 11.5 Å². The monoisotopic (exact) mass is 423 g/mol. The predicted molar refractivity (Wildman–Crippen MR) is 118 cm³/mol. The Balaban J connectivity index is 1.39. The number of thiazole rings is 1. The van der Waals surface area contributed by atoms with E-state index < -0.39 is 0 Å². The predicted octanol–water partition coefficient (Wildman–Crippen LogP) is 5.63. The van der Waals surface area contributed by atoms with Crippen LogP contribution in [0.2, 0.25) is 0 Å². The zero-order valence-electron chi connectivity index (χ0n) is 16.5. The molecule has 0 unspecified atom stereocenters. The Morgan fingerprint density at radius 2 is 1.97 bits per heavy atom.